The zero-order valence-electron chi connectivity index (χ0n) is 11.3. The van der Waals surface area contributed by atoms with Crippen LogP contribution in [-0.2, 0) is 12.0 Å². The van der Waals surface area contributed by atoms with Crippen molar-refractivity contribution >= 4 is 11.3 Å². The number of imidazole rings is 1. The van der Waals surface area contributed by atoms with E-state index < -0.39 is 0 Å². The van der Waals surface area contributed by atoms with Crippen LogP contribution in [0.1, 0.15) is 49.4 Å². The normalized spacial score (nSPS) is 13.8. The Bertz CT molecular complexity index is 481. The molecule has 2 aromatic rings. The summed E-state index contributed by atoms with van der Waals surface area (Å²) in [6.45, 7) is 9.50. The number of hydrogen-bond acceptors (Lipinski definition) is 4. The van der Waals surface area contributed by atoms with E-state index in [0.29, 0.717) is 0 Å². The van der Waals surface area contributed by atoms with Gasteiger partial charge < -0.3 is 10.3 Å². The quantitative estimate of drug-likeness (QED) is 0.892. The maximum absolute atomic E-state index is 4.48. The molecule has 0 aliphatic heterocycles. The first-order valence-corrected chi connectivity index (χ1v) is 6.96. The standard InChI is InChI=1S/C13H20N4S/c1-9(11-14-5-6-15-11)16-7-10-8-17-12(18-10)13(2,3)4/h5-6,8-9,16H,7H2,1-4H3,(H,14,15). The molecule has 0 radical (unpaired) electrons. The maximum Gasteiger partial charge on any atom is 0.122 e. The van der Waals surface area contributed by atoms with Crippen LogP contribution in [-0.4, -0.2) is 15.0 Å². The monoisotopic (exact) mass is 264 g/mol. The third-order valence-electron chi connectivity index (χ3n) is 2.71. The van der Waals surface area contributed by atoms with Crippen molar-refractivity contribution in [2.75, 3.05) is 0 Å². The third kappa shape index (κ3) is 3.17. The summed E-state index contributed by atoms with van der Waals surface area (Å²) in [6, 6.07) is 0.222. The van der Waals surface area contributed by atoms with E-state index in [1.54, 1.807) is 17.5 Å². The van der Waals surface area contributed by atoms with Gasteiger partial charge >= 0.3 is 0 Å². The lowest BCUT2D eigenvalue weighted by atomic mass is 9.98. The molecule has 0 fully saturated rings. The summed E-state index contributed by atoms with van der Waals surface area (Å²) in [5, 5.41) is 4.63. The van der Waals surface area contributed by atoms with Crippen LogP contribution >= 0.6 is 11.3 Å². The van der Waals surface area contributed by atoms with Crippen molar-refractivity contribution in [3.63, 3.8) is 0 Å². The fourth-order valence-corrected chi connectivity index (χ4v) is 2.52. The lowest BCUT2D eigenvalue weighted by molar-refractivity contribution is 0.554. The van der Waals surface area contributed by atoms with Gasteiger partial charge in [0.15, 0.2) is 0 Å². The molecular weight excluding hydrogens is 244 g/mol. The molecule has 2 heterocycles. The minimum absolute atomic E-state index is 0.134. The van der Waals surface area contributed by atoms with E-state index in [1.807, 2.05) is 12.4 Å². The zero-order chi connectivity index (χ0) is 13.2. The third-order valence-corrected chi connectivity index (χ3v) is 4.13. The van der Waals surface area contributed by atoms with Crippen LogP contribution in [0.4, 0.5) is 0 Å². The molecular formula is C13H20N4S. The molecule has 0 amide bonds. The molecule has 18 heavy (non-hydrogen) atoms. The fourth-order valence-electron chi connectivity index (χ4n) is 1.60. The minimum atomic E-state index is 0.134. The van der Waals surface area contributed by atoms with Crippen LogP contribution in [0, 0.1) is 0 Å². The van der Waals surface area contributed by atoms with Gasteiger partial charge in [0.25, 0.3) is 0 Å². The van der Waals surface area contributed by atoms with Crippen molar-refractivity contribution in [1.82, 2.24) is 20.3 Å². The highest BCUT2D eigenvalue weighted by Crippen LogP contribution is 2.26. The van der Waals surface area contributed by atoms with Gasteiger partial charge in [-0.1, -0.05) is 20.8 Å². The van der Waals surface area contributed by atoms with E-state index in [-0.39, 0.29) is 11.5 Å². The molecule has 5 heteroatoms. The number of aromatic nitrogens is 3. The van der Waals surface area contributed by atoms with Gasteiger partial charge in [-0.05, 0) is 6.92 Å². The van der Waals surface area contributed by atoms with Gasteiger partial charge in [-0.2, -0.15) is 0 Å². The van der Waals surface area contributed by atoms with E-state index >= 15 is 0 Å². The van der Waals surface area contributed by atoms with Crippen molar-refractivity contribution in [1.29, 1.82) is 0 Å². The van der Waals surface area contributed by atoms with E-state index in [4.69, 9.17) is 0 Å². The summed E-state index contributed by atoms with van der Waals surface area (Å²) in [4.78, 5) is 13.1. The Morgan fingerprint density at radius 1 is 1.39 bits per heavy atom. The van der Waals surface area contributed by atoms with Gasteiger partial charge in [0.2, 0.25) is 0 Å². The van der Waals surface area contributed by atoms with Gasteiger partial charge in [-0.15, -0.1) is 11.3 Å². The lowest BCUT2D eigenvalue weighted by Crippen LogP contribution is -2.18. The summed E-state index contributed by atoms with van der Waals surface area (Å²) in [5.74, 6) is 0.968. The molecule has 2 rings (SSSR count). The van der Waals surface area contributed by atoms with E-state index in [0.717, 1.165) is 12.4 Å². The second-order valence-corrected chi connectivity index (χ2v) is 6.57. The molecule has 0 aliphatic carbocycles. The van der Waals surface area contributed by atoms with E-state index in [2.05, 4.69) is 48.0 Å². The van der Waals surface area contributed by atoms with Gasteiger partial charge in [-0.3, -0.25) is 0 Å². The minimum Gasteiger partial charge on any atom is -0.347 e. The van der Waals surface area contributed by atoms with E-state index in [1.165, 1.54) is 9.88 Å². The number of H-pyrrole nitrogens is 1. The molecule has 0 saturated carbocycles. The Morgan fingerprint density at radius 3 is 2.72 bits per heavy atom. The summed E-state index contributed by atoms with van der Waals surface area (Å²) in [6.07, 6.45) is 5.59. The Balaban J connectivity index is 1.93. The first-order valence-electron chi connectivity index (χ1n) is 6.14. The topological polar surface area (TPSA) is 53.6 Å². The molecule has 2 aromatic heterocycles. The second kappa shape index (κ2) is 5.20. The largest absolute Gasteiger partial charge is 0.347 e. The van der Waals surface area contributed by atoms with Crippen molar-refractivity contribution in [2.24, 2.45) is 0 Å². The van der Waals surface area contributed by atoms with Gasteiger partial charge in [0.05, 0.1) is 11.0 Å². The molecule has 0 aliphatic rings. The summed E-state index contributed by atoms with van der Waals surface area (Å²) >= 11 is 1.77. The second-order valence-electron chi connectivity index (χ2n) is 5.46. The predicted octanol–water partition coefficient (Wildman–Crippen LogP) is 3.01. The van der Waals surface area contributed by atoms with Gasteiger partial charge in [0, 0.05) is 35.4 Å². The van der Waals surface area contributed by atoms with Crippen LogP contribution in [0.15, 0.2) is 18.6 Å². The maximum atomic E-state index is 4.48. The molecule has 0 aromatic carbocycles. The molecule has 4 nitrogen and oxygen atoms in total. The van der Waals surface area contributed by atoms with Crippen LogP contribution < -0.4 is 5.32 Å². The first-order chi connectivity index (χ1) is 8.47. The van der Waals surface area contributed by atoms with Crippen molar-refractivity contribution in [2.45, 2.75) is 45.7 Å². The summed E-state index contributed by atoms with van der Waals surface area (Å²) in [5.41, 5.74) is 0.134. The molecule has 0 saturated heterocycles. The number of nitrogens with zero attached hydrogens (tertiary/aromatic N) is 2. The zero-order valence-corrected chi connectivity index (χ0v) is 12.1. The van der Waals surface area contributed by atoms with Crippen molar-refractivity contribution in [3.05, 3.63) is 34.3 Å². The summed E-state index contributed by atoms with van der Waals surface area (Å²) in [7, 11) is 0. The Morgan fingerprint density at radius 2 is 2.17 bits per heavy atom. The van der Waals surface area contributed by atoms with Crippen LogP contribution in [0.2, 0.25) is 0 Å². The van der Waals surface area contributed by atoms with Crippen molar-refractivity contribution in [3.8, 4) is 0 Å². The molecule has 2 N–H and O–H groups in total. The average Bonchev–Trinajstić information content (AvgIpc) is 2.96. The number of aromatic amines is 1. The van der Waals surface area contributed by atoms with Gasteiger partial charge in [-0.25, -0.2) is 9.97 Å². The average molecular weight is 264 g/mol. The Hall–Kier alpha value is -1.20. The molecule has 1 atom stereocenters. The van der Waals surface area contributed by atoms with Crippen molar-refractivity contribution < 1.29 is 0 Å². The van der Waals surface area contributed by atoms with Crippen LogP contribution in [0.25, 0.3) is 0 Å². The van der Waals surface area contributed by atoms with Crippen LogP contribution in [0.3, 0.4) is 0 Å². The number of hydrogen-bond donors (Lipinski definition) is 2. The highest BCUT2D eigenvalue weighted by atomic mass is 32.1. The van der Waals surface area contributed by atoms with Gasteiger partial charge in [0.1, 0.15) is 5.82 Å². The highest BCUT2D eigenvalue weighted by Gasteiger charge is 2.18. The SMILES string of the molecule is CC(NCc1cnc(C(C)(C)C)s1)c1ncc[nH]1. The number of rotatable bonds is 4. The Kier molecular flexibility index (Phi) is 3.82. The molecule has 1 unspecified atom stereocenters. The molecule has 98 valence electrons. The predicted molar refractivity (Wildman–Crippen MR) is 74.7 cm³/mol. The smallest absolute Gasteiger partial charge is 0.122 e. The molecule has 0 bridgehead atoms. The lowest BCUT2D eigenvalue weighted by Gasteiger charge is -2.13. The number of nitrogens with one attached hydrogen (secondary N) is 2. The number of thiazole rings is 1. The summed E-state index contributed by atoms with van der Waals surface area (Å²) < 4.78 is 0. The fraction of sp³-hybridized carbons (Fsp3) is 0.538. The first kappa shape index (κ1) is 13.2. The highest BCUT2D eigenvalue weighted by molar-refractivity contribution is 7.11. The van der Waals surface area contributed by atoms with E-state index in [9.17, 15) is 0 Å². The van der Waals surface area contributed by atoms with Crippen LogP contribution in [0.5, 0.6) is 0 Å². The molecule has 0 spiro atoms. The Labute approximate surface area is 112 Å².